The van der Waals surface area contributed by atoms with Crippen molar-refractivity contribution in [3.63, 3.8) is 0 Å². The van der Waals surface area contributed by atoms with Gasteiger partial charge < -0.3 is 0 Å². The predicted octanol–water partition coefficient (Wildman–Crippen LogP) is 7.62. The smallest absolute Gasteiger partial charge is 0.00132 e. The SMILES string of the molecule is CC.CC.c1ccc2c(c1)Cc1cccc3c1c-2cc1ccccc13. The third kappa shape index (κ3) is 2.82. The minimum absolute atomic E-state index is 1.04. The number of rotatable bonds is 0. The second-order valence-electron chi connectivity index (χ2n) is 5.82. The summed E-state index contributed by atoms with van der Waals surface area (Å²) < 4.78 is 0. The maximum absolute atomic E-state index is 2.36. The Morgan fingerprint density at radius 1 is 0.560 bits per heavy atom. The van der Waals surface area contributed by atoms with Gasteiger partial charge in [0.1, 0.15) is 0 Å². The standard InChI is InChI=1S/C21H14.2C2H6/c1-4-10-18-14(6-1)12-16-8-5-11-19-17-9-3-2-7-15(17)13-20(18)21(16)19;2*1-2/h1-11,13H,12H2;2*1-2H3. The number of fused-ring (bicyclic) bond motifs is 4. The van der Waals surface area contributed by atoms with Crippen LogP contribution in [0.25, 0.3) is 32.7 Å². The van der Waals surface area contributed by atoms with Gasteiger partial charge >= 0.3 is 0 Å². The third-order valence-electron chi connectivity index (χ3n) is 4.66. The van der Waals surface area contributed by atoms with E-state index in [0.29, 0.717) is 0 Å². The second kappa shape index (κ2) is 7.53. The van der Waals surface area contributed by atoms with Crippen molar-refractivity contribution in [3.8, 4) is 11.1 Å². The predicted molar refractivity (Wildman–Crippen MR) is 112 cm³/mol. The average molecular weight is 326 g/mol. The van der Waals surface area contributed by atoms with Crippen LogP contribution >= 0.6 is 0 Å². The van der Waals surface area contributed by atoms with Gasteiger partial charge in [-0.2, -0.15) is 0 Å². The lowest BCUT2D eigenvalue weighted by Gasteiger charge is -2.22. The van der Waals surface area contributed by atoms with Crippen LogP contribution in [0.1, 0.15) is 38.8 Å². The summed E-state index contributed by atoms with van der Waals surface area (Å²) in [5.74, 6) is 0. The molecule has 0 atom stereocenters. The van der Waals surface area contributed by atoms with E-state index < -0.39 is 0 Å². The van der Waals surface area contributed by atoms with E-state index in [9.17, 15) is 0 Å². The van der Waals surface area contributed by atoms with Crippen molar-refractivity contribution in [3.05, 3.63) is 83.9 Å². The molecule has 0 heterocycles. The van der Waals surface area contributed by atoms with Crippen LogP contribution in [-0.4, -0.2) is 0 Å². The molecule has 25 heavy (non-hydrogen) atoms. The van der Waals surface area contributed by atoms with Crippen LogP contribution < -0.4 is 0 Å². The highest BCUT2D eigenvalue weighted by Gasteiger charge is 2.18. The first-order valence-electron chi connectivity index (χ1n) is 9.43. The molecule has 0 amide bonds. The summed E-state index contributed by atoms with van der Waals surface area (Å²) in [5.41, 5.74) is 5.67. The van der Waals surface area contributed by atoms with E-state index in [0.717, 1.165) is 6.42 Å². The monoisotopic (exact) mass is 326 g/mol. The van der Waals surface area contributed by atoms with Crippen molar-refractivity contribution in [1.29, 1.82) is 0 Å². The van der Waals surface area contributed by atoms with E-state index in [1.54, 1.807) is 0 Å². The van der Waals surface area contributed by atoms with Crippen molar-refractivity contribution >= 4 is 21.5 Å². The first-order valence-corrected chi connectivity index (χ1v) is 9.43. The fraction of sp³-hybridized carbons (Fsp3) is 0.200. The molecule has 0 N–H and O–H groups in total. The number of benzene rings is 4. The fourth-order valence-corrected chi connectivity index (χ4v) is 3.74. The largest absolute Gasteiger partial charge is 0.0683 e. The molecule has 0 saturated carbocycles. The summed E-state index contributed by atoms with van der Waals surface area (Å²) in [6.07, 6.45) is 1.04. The third-order valence-corrected chi connectivity index (χ3v) is 4.66. The molecule has 4 aromatic carbocycles. The Morgan fingerprint density at radius 2 is 1.20 bits per heavy atom. The lowest BCUT2D eigenvalue weighted by atomic mass is 9.82. The molecule has 0 aromatic heterocycles. The van der Waals surface area contributed by atoms with E-state index in [1.807, 2.05) is 27.7 Å². The van der Waals surface area contributed by atoms with Gasteiger partial charge in [0.05, 0.1) is 0 Å². The van der Waals surface area contributed by atoms with E-state index in [2.05, 4.69) is 72.8 Å². The summed E-state index contributed by atoms with van der Waals surface area (Å²) in [6.45, 7) is 8.00. The molecule has 0 spiro atoms. The minimum Gasteiger partial charge on any atom is -0.0683 e. The number of hydrogen-bond acceptors (Lipinski definition) is 0. The molecule has 0 heteroatoms. The normalized spacial score (nSPS) is 11.0. The Hall–Kier alpha value is -2.60. The number of hydrogen-bond donors (Lipinski definition) is 0. The quantitative estimate of drug-likeness (QED) is 0.257. The van der Waals surface area contributed by atoms with Gasteiger partial charge in [0.15, 0.2) is 0 Å². The molecule has 0 unspecified atom stereocenters. The van der Waals surface area contributed by atoms with Crippen LogP contribution in [-0.2, 0) is 6.42 Å². The zero-order valence-electron chi connectivity index (χ0n) is 15.6. The Labute approximate surface area is 151 Å². The highest BCUT2D eigenvalue weighted by atomic mass is 14.2. The van der Waals surface area contributed by atoms with Crippen LogP contribution in [0.4, 0.5) is 0 Å². The average Bonchev–Trinajstić information content (AvgIpc) is 2.71. The van der Waals surface area contributed by atoms with Crippen molar-refractivity contribution in [2.24, 2.45) is 0 Å². The van der Waals surface area contributed by atoms with Gasteiger partial charge in [-0.15, -0.1) is 0 Å². The van der Waals surface area contributed by atoms with Gasteiger partial charge in [-0.3, -0.25) is 0 Å². The summed E-state index contributed by atoms with van der Waals surface area (Å²) in [7, 11) is 0. The summed E-state index contributed by atoms with van der Waals surface area (Å²) in [6, 6.07) is 26.6. The van der Waals surface area contributed by atoms with Crippen molar-refractivity contribution in [2.45, 2.75) is 34.1 Å². The summed E-state index contributed by atoms with van der Waals surface area (Å²) >= 11 is 0. The summed E-state index contributed by atoms with van der Waals surface area (Å²) in [5, 5.41) is 5.51. The Bertz CT molecular complexity index is 1010. The van der Waals surface area contributed by atoms with Crippen LogP contribution in [0.2, 0.25) is 0 Å². The Morgan fingerprint density at radius 3 is 2.04 bits per heavy atom. The van der Waals surface area contributed by atoms with Gasteiger partial charge in [-0.1, -0.05) is 94.4 Å². The van der Waals surface area contributed by atoms with Gasteiger partial charge in [0, 0.05) is 0 Å². The molecule has 0 nitrogen and oxygen atoms in total. The zero-order chi connectivity index (χ0) is 17.8. The Kier molecular flexibility index (Phi) is 5.19. The molecule has 5 rings (SSSR count). The topological polar surface area (TPSA) is 0 Å². The zero-order valence-corrected chi connectivity index (χ0v) is 15.6. The van der Waals surface area contributed by atoms with E-state index in [4.69, 9.17) is 0 Å². The maximum Gasteiger partial charge on any atom is -0.00132 e. The second-order valence-corrected chi connectivity index (χ2v) is 5.82. The molecule has 0 fully saturated rings. The molecule has 0 aliphatic heterocycles. The van der Waals surface area contributed by atoms with Crippen molar-refractivity contribution in [1.82, 2.24) is 0 Å². The molecule has 4 aromatic rings. The van der Waals surface area contributed by atoms with Crippen LogP contribution in [0.15, 0.2) is 72.8 Å². The first kappa shape index (κ1) is 17.2. The molecular weight excluding hydrogens is 300 g/mol. The first-order chi connectivity index (χ1) is 12.4. The Balaban J connectivity index is 0.000000428. The van der Waals surface area contributed by atoms with Crippen LogP contribution in [0.3, 0.4) is 0 Å². The van der Waals surface area contributed by atoms with Crippen molar-refractivity contribution in [2.75, 3.05) is 0 Å². The fourth-order valence-electron chi connectivity index (χ4n) is 3.74. The van der Waals surface area contributed by atoms with Crippen molar-refractivity contribution < 1.29 is 0 Å². The highest BCUT2D eigenvalue weighted by molar-refractivity contribution is 6.15. The lowest BCUT2D eigenvalue weighted by Crippen LogP contribution is -2.01. The van der Waals surface area contributed by atoms with E-state index in [-0.39, 0.29) is 0 Å². The summed E-state index contributed by atoms with van der Waals surface area (Å²) in [4.78, 5) is 0. The molecule has 1 aliphatic carbocycles. The minimum atomic E-state index is 1.04. The van der Waals surface area contributed by atoms with Gasteiger partial charge in [-0.05, 0) is 56.3 Å². The molecule has 0 bridgehead atoms. The molecule has 126 valence electrons. The van der Waals surface area contributed by atoms with Gasteiger partial charge in [0.2, 0.25) is 0 Å². The molecule has 1 aliphatic rings. The lowest BCUT2D eigenvalue weighted by molar-refractivity contribution is 1.20. The molecular formula is C25H26. The van der Waals surface area contributed by atoms with Gasteiger partial charge in [-0.25, -0.2) is 0 Å². The molecule has 0 saturated heterocycles. The maximum atomic E-state index is 2.36. The van der Waals surface area contributed by atoms with E-state index >= 15 is 0 Å². The molecule has 0 radical (unpaired) electrons. The van der Waals surface area contributed by atoms with Gasteiger partial charge in [0.25, 0.3) is 0 Å². The van der Waals surface area contributed by atoms with Crippen LogP contribution in [0, 0.1) is 0 Å². The van der Waals surface area contributed by atoms with Crippen LogP contribution in [0.5, 0.6) is 0 Å². The highest BCUT2D eigenvalue weighted by Crippen LogP contribution is 2.42. The van der Waals surface area contributed by atoms with E-state index in [1.165, 1.54) is 43.8 Å².